The van der Waals surface area contributed by atoms with Crippen molar-refractivity contribution in [2.75, 3.05) is 0 Å². The summed E-state index contributed by atoms with van der Waals surface area (Å²) in [5, 5.41) is 9.11. The van der Waals surface area contributed by atoms with E-state index in [1.807, 2.05) is 0 Å². The topological polar surface area (TPSA) is 54.4 Å². The number of hydrogen-bond acceptors (Lipinski definition) is 3. The molecule has 0 aliphatic rings. The van der Waals surface area contributed by atoms with Gasteiger partial charge in [0.1, 0.15) is 0 Å². The average Bonchev–Trinajstić information content (AvgIpc) is 2.28. The molecule has 3 nitrogen and oxygen atoms in total. The number of rotatable bonds is 6. The van der Waals surface area contributed by atoms with E-state index in [0.717, 1.165) is 0 Å². The van der Waals surface area contributed by atoms with Crippen molar-refractivity contribution in [3.05, 3.63) is 35.4 Å². The molecule has 92 valence electrons. The third-order valence-corrected chi connectivity index (χ3v) is 2.63. The SMILES string of the molecule is CC(=O)c1ccccc1C(=O)CCCC(C)O. The Morgan fingerprint density at radius 3 is 2.35 bits per heavy atom. The minimum Gasteiger partial charge on any atom is -0.393 e. The lowest BCUT2D eigenvalue weighted by Gasteiger charge is -2.06. The maximum atomic E-state index is 11.9. The van der Waals surface area contributed by atoms with E-state index in [2.05, 4.69) is 0 Å². The van der Waals surface area contributed by atoms with Crippen molar-refractivity contribution in [1.82, 2.24) is 0 Å². The maximum Gasteiger partial charge on any atom is 0.163 e. The summed E-state index contributed by atoms with van der Waals surface area (Å²) < 4.78 is 0. The summed E-state index contributed by atoms with van der Waals surface area (Å²) in [6.07, 6.45) is 1.23. The van der Waals surface area contributed by atoms with Crippen molar-refractivity contribution in [2.24, 2.45) is 0 Å². The molecule has 0 heterocycles. The number of benzene rings is 1. The molecule has 1 N–H and O–H groups in total. The quantitative estimate of drug-likeness (QED) is 0.770. The first-order chi connectivity index (χ1) is 8.02. The third kappa shape index (κ3) is 4.11. The van der Waals surface area contributed by atoms with Gasteiger partial charge in [-0.05, 0) is 26.7 Å². The normalized spacial score (nSPS) is 12.2. The molecule has 0 bridgehead atoms. The summed E-state index contributed by atoms with van der Waals surface area (Å²) in [7, 11) is 0. The number of ketones is 2. The van der Waals surface area contributed by atoms with Gasteiger partial charge in [-0.1, -0.05) is 24.3 Å². The molecule has 0 saturated carbocycles. The molecule has 0 spiro atoms. The van der Waals surface area contributed by atoms with Crippen molar-refractivity contribution < 1.29 is 14.7 Å². The molecule has 0 aliphatic heterocycles. The molecular formula is C14H18O3. The first kappa shape index (κ1) is 13.6. The van der Waals surface area contributed by atoms with Crippen molar-refractivity contribution in [3.8, 4) is 0 Å². The minimum absolute atomic E-state index is 0.0311. The van der Waals surface area contributed by atoms with E-state index >= 15 is 0 Å². The molecule has 3 heteroatoms. The third-order valence-electron chi connectivity index (χ3n) is 2.63. The predicted molar refractivity (Wildman–Crippen MR) is 66.3 cm³/mol. The molecular weight excluding hydrogens is 216 g/mol. The predicted octanol–water partition coefficient (Wildman–Crippen LogP) is 2.62. The van der Waals surface area contributed by atoms with Gasteiger partial charge >= 0.3 is 0 Å². The summed E-state index contributed by atoms with van der Waals surface area (Å²) in [6, 6.07) is 6.86. The van der Waals surface area contributed by atoms with Crippen molar-refractivity contribution >= 4 is 11.6 Å². The molecule has 0 radical (unpaired) electrons. The highest BCUT2D eigenvalue weighted by Gasteiger charge is 2.13. The fourth-order valence-corrected chi connectivity index (χ4v) is 1.73. The van der Waals surface area contributed by atoms with Crippen LogP contribution >= 0.6 is 0 Å². The summed E-state index contributed by atoms with van der Waals surface area (Å²) >= 11 is 0. The summed E-state index contributed by atoms with van der Waals surface area (Å²) in [6.45, 7) is 3.16. The first-order valence-corrected chi connectivity index (χ1v) is 5.83. The van der Waals surface area contributed by atoms with E-state index in [9.17, 15) is 9.59 Å². The lowest BCUT2D eigenvalue weighted by Crippen LogP contribution is -2.08. The summed E-state index contributed by atoms with van der Waals surface area (Å²) in [5.41, 5.74) is 0.972. The molecule has 0 amide bonds. The Morgan fingerprint density at radius 2 is 1.82 bits per heavy atom. The molecule has 1 rings (SSSR count). The number of carbonyl (C=O) groups excluding carboxylic acids is 2. The second kappa shape index (κ2) is 6.30. The number of carbonyl (C=O) groups is 2. The van der Waals surface area contributed by atoms with Crippen LogP contribution in [0.1, 0.15) is 53.8 Å². The van der Waals surface area contributed by atoms with Crippen LogP contribution < -0.4 is 0 Å². The fourth-order valence-electron chi connectivity index (χ4n) is 1.73. The van der Waals surface area contributed by atoms with E-state index in [1.54, 1.807) is 31.2 Å². The Balaban J connectivity index is 2.72. The molecule has 0 fully saturated rings. The first-order valence-electron chi connectivity index (χ1n) is 5.83. The molecule has 0 aliphatic carbocycles. The Bertz CT molecular complexity index is 408. The van der Waals surface area contributed by atoms with E-state index in [1.165, 1.54) is 6.92 Å². The Kier molecular flexibility index (Phi) is 5.04. The molecule has 0 aromatic heterocycles. The minimum atomic E-state index is -0.383. The molecule has 0 saturated heterocycles. The molecule has 1 aromatic carbocycles. The summed E-state index contributed by atoms with van der Waals surface area (Å²) in [5.74, 6) is -0.124. The standard InChI is InChI=1S/C14H18O3/c1-10(15)6-5-9-14(17)13-8-4-3-7-12(13)11(2)16/h3-4,7-8,10,15H,5-6,9H2,1-2H3. The fraction of sp³-hybridized carbons (Fsp3) is 0.429. The van der Waals surface area contributed by atoms with Gasteiger partial charge in [0.05, 0.1) is 6.10 Å². The Hall–Kier alpha value is -1.48. The van der Waals surface area contributed by atoms with Gasteiger partial charge in [-0.25, -0.2) is 0 Å². The monoisotopic (exact) mass is 234 g/mol. The highest BCUT2D eigenvalue weighted by atomic mass is 16.3. The van der Waals surface area contributed by atoms with Crippen LogP contribution in [0, 0.1) is 0 Å². The van der Waals surface area contributed by atoms with Crippen LogP contribution in [0.3, 0.4) is 0 Å². The highest BCUT2D eigenvalue weighted by Crippen LogP contribution is 2.14. The van der Waals surface area contributed by atoms with Gasteiger partial charge < -0.3 is 5.11 Å². The van der Waals surface area contributed by atoms with E-state index in [-0.39, 0.29) is 17.7 Å². The van der Waals surface area contributed by atoms with Crippen molar-refractivity contribution in [1.29, 1.82) is 0 Å². The average molecular weight is 234 g/mol. The number of Topliss-reactive ketones (excluding diaryl/α,β-unsaturated/α-hetero) is 2. The summed E-state index contributed by atoms with van der Waals surface area (Å²) in [4.78, 5) is 23.3. The van der Waals surface area contributed by atoms with E-state index in [4.69, 9.17) is 5.11 Å². The zero-order valence-electron chi connectivity index (χ0n) is 10.3. The van der Waals surface area contributed by atoms with Gasteiger partial charge in [-0.3, -0.25) is 9.59 Å². The maximum absolute atomic E-state index is 11.9. The van der Waals surface area contributed by atoms with Gasteiger partial charge in [-0.2, -0.15) is 0 Å². The van der Waals surface area contributed by atoms with Gasteiger partial charge in [0, 0.05) is 17.5 Å². The van der Waals surface area contributed by atoms with Crippen LogP contribution in [0.25, 0.3) is 0 Å². The van der Waals surface area contributed by atoms with Crippen LogP contribution in [-0.2, 0) is 0 Å². The smallest absolute Gasteiger partial charge is 0.163 e. The largest absolute Gasteiger partial charge is 0.393 e. The van der Waals surface area contributed by atoms with Crippen LogP contribution in [0.15, 0.2) is 24.3 Å². The molecule has 17 heavy (non-hydrogen) atoms. The number of aliphatic hydroxyl groups is 1. The molecule has 1 atom stereocenters. The lowest BCUT2D eigenvalue weighted by molar-refractivity contribution is 0.0953. The van der Waals surface area contributed by atoms with Crippen molar-refractivity contribution in [2.45, 2.75) is 39.2 Å². The molecule has 1 unspecified atom stereocenters. The van der Waals surface area contributed by atoms with Gasteiger partial charge in [0.15, 0.2) is 11.6 Å². The molecule has 1 aromatic rings. The van der Waals surface area contributed by atoms with Crippen molar-refractivity contribution in [3.63, 3.8) is 0 Å². The zero-order chi connectivity index (χ0) is 12.8. The second-order valence-corrected chi connectivity index (χ2v) is 4.27. The number of aliphatic hydroxyl groups excluding tert-OH is 1. The van der Waals surface area contributed by atoms with Gasteiger partial charge in [0.2, 0.25) is 0 Å². The van der Waals surface area contributed by atoms with Crippen LogP contribution in [0.5, 0.6) is 0 Å². The highest BCUT2D eigenvalue weighted by molar-refractivity contribution is 6.07. The second-order valence-electron chi connectivity index (χ2n) is 4.27. The van der Waals surface area contributed by atoms with Gasteiger partial charge in [-0.15, -0.1) is 0 Å². The van der Waals surface area contributed by atoms with Crippen LogP contribution in [0.2, 0.25) is 0 Å². The lowest BCUT2D eigenvalue weighted by atomic mass is 9.97. The zero-order valence-corrected chi connectivity index (χ0v) is 10.3. The Morgan fingerprint density at radius 1 is 1.24 bits per heavy atom. The Labute approximate surface area is 101 Å². The van der Waals surface area contributed by atoms with E-state index < -0.39 is 0 Å². The van der Waals surface area contributed by atoms with Gasteiger partial charge in [0.25, 0.3) is 0 Å². The van der Waals surface area contributed by atoms with Crippen LogP contribution in [-0.4, -0.2) is 22.8 Å². The van der Waals surface area contributed by atoms with Crippen LogP contribution in [0.4, 0.5) is 0 Å². The van der Waals surface area contributed by atoms with E-state index in [0.29, 0.717) is 30.4 Å². The number of hydrogen-bond donors (Lipinski definition) is 1.